The van der Waals surface area contributed by atoms with E-state index in [1.807, 2.05) is 0 Å². The van der Waals surface area contributed by atoms with Crippen molar-refractivity contribution in [1.29, 1.82) is 0 Å². The summed E-state index contributed by atoms with van der Waals surface area (Å²) in [4.78, 5) is 4.76. The topological polar surface area (TPSA) is 49.2 Å². The van der Waals surface area contributed by atoms with Crippen molar-refractivity contribution in [2.75, 3.05) is 13.2 Å². The molecule has 134 valence electrons. The Morgan fingerprint density at radius 1 is 1.20 bits per heavy atom. The van der Waals surface area contributed by atoms with Crippen molar-refractivity contribution in [3.63, 3.8) is 0 Å². The first-order valence-electron chi connectivity index (χ1n) is 9.21. The molecule has 0 unspecified atom stereocenters. The molecular formula is C19H24FN3O2. The second-order valence-electron chi connectivity index (χ2n) is 6.93. The van der Waals surface area contributed by atoms with Crippen molar-refractivity contribution in [2.45, 2.75) is 57.1 Å². The highest BCUT2D eigenvalue weighted by atomic mass is 19.1. The molecule has 2 fully saturated rings. The minimum Gasteiger partial charge on any atom is -0.485 e. The zero-order valence-electron chi connectivity index (χ0n) is 14.4. The van der Waals surface area contributed by atoms with Gasteiger partial charge in [0.1, 0.15) is 24.0 Å². The van der Waals surface area contributed by atoms with Crippen LogP contribution in [-0.2, 0) is 11.3 Å². The quantitative estimate of drug-likeness (QED) is 0.822. The summed E-state index contributed by atoms with van der Waals surface area (Å²) in [5, 5.41) is 4.75. The molecule has 1 atom stereocenters. The van der Waals surface area contributed by atoms with Crippen LogP contribution in [0, 0.1) is 5.82 Å². The van der Waals surface area contributed by atoms with Crippen LogP contribution >= 0.6 is 0 Å². The second-order valence-corrected chi connectivity index (χ2v) is 6.93. The molecular weight excluding hydrogens is 321 g/mol. The largest absolute Gasteiger partial charge is 0.485 e. The molecule has 1 saturated carbocycles. The van der Waals surface area contributed by atoms with Crippen LogP contribution in [0.25, 0.3) is 0 Å². The van der Waals surface area contributed by atoms with Gasteiger partial charge >= 0.3 is 0 Å². The van der Waals surface area contributed by atoms with E-state index < -0.39 is 0 Å². The molecule has 1 aliphatic carbocycles. The van der Waals surface area contributed by atoms with Gasteiger partial charge in [0.25, 0.3) is 0 Å². The predicted octanol–water partition coefficient (Wildman–Crippen LogP) is 4.01. The summed E-state index contributed by atoms with van der Waals surface area (Å²) in [6.45, 7) is 1.76. The molecule has 4 rings (SSSR count). The summed E-state index contributed by atoms with van der Waals surface area (Å²) < 4.78 is 26.6. The lowest BCUT2D eigenvalue weighted by Crippen LogP contribution is -2.19. The van der Waals surface area contributed by atoms with Gasteiger partial charge in [0.2, 0.25) is 0 Å². The lowest BCUT2D eigenvalue weighted by atomic mass is 9.95. The Kier molecular flexibility index (Phi) is 4.97. The molecule has 5 nitrogen and oxygen atoms in total. The maximum atomic E-state index is 13.3. The van der Waals surface area contributed by atoms with Crippen LogP contribution in [0.2, 0.25) is 0 Å². The third kappa shape index (κ3) is 3.84. The Hall–Kier alpha value is -1.95. The lowest BCUT2D eigenvalue weighted by Gasteiger charge is -2.24. The minimum atomic E-state index is -0.304. The van der Waals surface area contributed by atoms with Gasteiger partial charge in [-0.05, 0) is 31.4 Å². The van der Waals surface area contributed by atoms with E-state index in [9.17, 15) is 4.39 Å². The summed E-state index contributed by atoms with van der Waals surface area (Å²) in [6, 6.07) is 6.59. The molecule has 2 heterocycles. The van der Waals surface area contributed by atoms with E-state index in [-0.39, 0.29) is 12.4 Å². The number of halogens is 1. The van der Waals surface area contributed by atoms with E-state index in [4.69, 9.17) is 19.6 Å². The van der Waals surface area contributed by atoms with Crippen molar-refractivity contribution in [1.82, 2.24) is 14.8 Å². The average molecular weight is 345 g/mol. The van der Waals surface area contributed by atoms with Crippen LogP contribution in [0.15, 0.2) is 24.3 Å². The summed E-state index contributed by atoms with van der Waals surface area (Å²) in [5.41, 5.74) is 0. The summed E-state index contributed by atoms with van der Waals surface area (Å²) in [7, 11) is 0. The van der Waals surface area contributed by atoms with Gasteiger partial charge in [-0.1, -0.05) is 25.3 Å². The maximum Gasteiger partial charge on any atom is 0.188 e. The smallest absolute Gasteiger partial charge is 0.188 e. The fourth-order valence-corrected chi connectivity index (χ4v) is 3.76. The van der Waals surface area contributed by atoms with Gasteiger partial charge in [0.05, 0.1) is 12.6 Å². The van der Waals surface area contributed by atoms with Gasteiger partial charge in [-0.2, -0.15) is 5.10 Å². The van der Waals surface area contributed by atoms with Crippen molar-refractivity contribution in [2.24, 2.45) is 0 Å². The van der Waals surface area contributed by atoms with Gasteiger partial charge in [0, 0.05) is 18.6 Å². The number of rotatable bonds is 5. The number of nitrogens with zero attached hydrogens (tertiary/aromatic N) is 3. The fourth-order valence-electron chi connectivity index (χ4n) is 3.76. The summed E-state index contributed by atoms with van der Waals surface area (Å²) in [6.07, 6.45) is 7.13. The van der Waals surface area contributed by atoms with Crippen molar-refractivity contribution < 1.29 is 13.9 Å². The molecule has 0 amide bonds. The number of ether oxygens (including phenoxy) is 2. The molecule has 1 aromatic carbocycles. The van der Waals surface area contributed by atoms with E-state index in [1.165, 1.54) is 31.4 Å². The van der Waals surface area contributed by atoms with Crippen LogP contribution in [0.3, 0.4) is 0 Å². The third-order valence-electron chi connectivity index (χ3n) is 5.08. The standard InChI is InChI=1S/C19H24FN3O2/c20-15-5-4-8-17(11-15)25-13-18-21-19(14-9-10-24-12-14)23(22-18)16-6-2-1-3-7-16/h4-5,8,11,14,16H,1-3,6-7,9-10,12-13H2/t14-/m0/s1. The van der Waals surface area contributed by atoms with Gasteiger partial charge in [0.15, 0.2) is 5.82 Å². The van der Waals surface area contributed by atoms with E-state index >= 15 is 0 Å². The highest BCUT2D eigenvalue weighted by molar-refractivity contribution is 5.22. The van der Waals surface area contributed by atoms with E-state index in [1.54, 1.807) is 12.1 Å². The Balaban J connectivity index is 1.53. The van der Waals surface area contributed by atoms with E-state index in [2.05, 4.69) is 4.68 Å². The van der Waals surface area contributed by atoms with E-state index in [0.717, 1.165) is 38.3 Å². The number of hydrogen-bond acceptors (Lipinski definition) is 4. The molecule has 2 aromatic rings. The first kappa shape index (κ1) is 16.5. The molecule has 6 heteroatoms. The molecule has 1 saturated heterocycles. The van der Waals surface area contributed by atoms with E-state index in [0.29, 0.717) is 23.5 Å². The zero-order valence-corrected chi connectivity index (χ0v) is 14.4. The molecule has 1 aliphatic heterocycles. The predicted molar refractivity (Wildman–Crippen MR) is 91.1 cm³/mol. The zero-order chi connectivity index (χ0) is 17.1. The fraction of sp³-hybridized carbons (Fsp3) is 0.579. The Morgan fingerprint density at radius 3 is 2.84 bits per heavy atom. The van der Waals surface area contributed by atoms with Crippen LogP contribution < -0.4 is 4.74 Å². The number of benzene rings is 1. The molecule has 1 aromatic heterocycles. The van der Waals surface area contributed by atoms with Crippen molar-refractivity contribution >= 4 is 0 Å². The van der Waals surface area contributed by atoms with Crippen LogP contribution in [0.4, 0.5) is 4.39 Å². The lowest BCUT2D eigenvalue weighted by molar-refractivity contribution is 0.191. The first-order chi connectivity index (χ1) is 12.3. The highest BCUT2D eigenvalue weighted by Gasteiger charge is 2.28. The minimum absolute atomic E-state index is 0.254. The molecule has 0 spiro atoms. The Bertz CT molecular complexity index is 706. The maximum absolute atomic E-state index is 13.3. The van der Waals surface area contributed by atoms with Gasteiger partial charge in [-0.15, -0.1) is 0 Å². The molecule has 0 bridgehead atoms. The number of hydrogen-bond donors (Lipinski definition) is 0. The molecule has 0 radical (unpaired) electrons. The van der Waals surface area contributed by atoms with Crippen molar-refractivity contribution in [3.05, 3.63) is 41.7 Å². The van der Waals surface area contributed by atoms with Crippen LogP contribution in [0.1, 0.15) is 62.1 Å². The monoisotopic (exact) mass is 345 g/mol. The third-order valence-corrected chi connectivity index (χ3v) is 5.08. The Labute approximate surface area is 147 Å². The normalized spacial score (nSPS) is 21.6. The van der Waals surface area contributed by atoms with Crippen LogP contribution in [-0.4, -0.2) is 28.0 Å². The van der Waals surface area contributed by atoms with Gasteiger partial charge in [-0.25, -0.2) is 14.1 Å². The summed E-state index contributed by atoms with van der Waals surface area (Å²) in [5.74, 6) is 2.21. The number of aromatic nitrogens is 3. The van der Waals surface area contributed by atoms with Gasteiger partial charge in [-0.3, -0.25) is 0 Å². The Morgan fingerprint density at radius 2 is 2.08 bits per heavy atom. The molecule has 0 N–H and O–H groups in total. The second kappa shape index (κ2) is 7.52. The summed E-state index contributed by atoms with van der Waals surface area (Å²) >= 11 is 0. The van der Waals surface area contributed by atoms with Crippen LogP contribution in [0.5, 0.6) is 5.75 Å². The molecule has 2 aliphatic rings. The average Bonchev–Trinajstić information content (AvgIpc) is 3.30. The SMILES string of the molecule is Fc1cccc(OCc2nc([C@H]3CCOC3)n(C3CCCCC3)n2)c1. The molecule has 25 heavy (non-hydrogen) atoms. The highest BCUT2D eigenvalue weighted by Crippen LogP contribution is 2.32. The van der Waals surface area contributed by atoms with Gasteiger partial charge < -0.3 is 9.47 Å². The first-order valence-corrected chi connectivity index (χ1v) is 9.21. The van der Waals surface area contributed by atoms with Crippen molar-refractivity contribution in [3.8, 4) is 5.75 Å².